The van der Waals surface area contributed by atoms with Gasteiger partial charge in [-0.15, -0.1) is 0 Å². The first-order chi connectivity index (χ1) is 15.6. The van der Waals surface area contributed by atoms with Crippen molar-refractivity contribution in [2.75, 3.05) is 21.1 Å². The number of quaternary nitrogens is 1. The molecular formula is C25H32N3O5+. The lowest BCUT2D eigenvalue weighted by molar-refractivity contribution is -0.886. The Hall–Kier alpha value is -3.65. The second kappa shape index (κ2) is 12.4. The van der Waals surface area contributed by atoms with Crippen LogP contribution in [-0.2, 0) is 27.5 Å². The van der Waals surface area contributed by atoms with Gasteiger partial charge in [-0.3, -0.25) is 15.4 Å². The highest BCUT2D eigenvalue weighted by Gasteiger charge is 2.30. The SMILES string of the molecule is CC(=O)[C@@H](C/C(=C/NC(=O)OCc1ccccc1)NC(=O)OCc1ccccc1)[N+](C)(C)C. The number of amides is 2. The quantitative estimate of drug-likeness (QED) is 0.534. The molecule has 0 radical (unpaired) electrons. The molecule has 8 heteroatoms. The van der Waals surface area contributed by atoms with Crippen LogP contribution < -0.4 is 10.6 Å². The van der Waals surface area contributed by atoms with E-state index in [1.165, 1.54) is 13.1 Å². The summed E-state index contributed by atoms with van der Waals surface area (Å²) in [5.74, 6) is -0.0421. The topological polar surface area (TPSA) is 93.7 Å². The Kier molecular flexibility index (Phi) is 9.62. The lowest BCUT2D eigenvalue weighted by atomic mass is 10.1. The molecule has 33 heavy (non-hydrogen) atoms. The minimum absolute atomic E-state index is 0.0421. The molecule has 0 saturated heterocycles. The maximum atomic E-state index is 12.4. The molecular weight excluding hydrogens is 422 g/mol. The molecule has 8 nitrogen and oxygen atoms in total. The van der Waals surface area contributed by atoms with Gasteiger partial charge < -0.3 is 14.0 Å². The van der Waals surface area contributed by atoms with E-state index in [-0.39, 0.29) is 25.4 Å². The van der Waals surface area contributed by atoms with Crippen molar-refractivity contribution in [3.8, 4) is 0 Å². The van der Waals surface area contributed by atoms with E-state index in [4.69, 9.17) is 9.47 Å². The number of Topliss-reactive ketones (excluding diaryl/α,β-unsaturated/α-hetero) is 1. The van der Waals surface area contributed by atoms with E-state index in [0.717, 1.165) is 11.1 Å². The highest BCUT2D eigenvalue weighted by Crippen LogP contribution is 2.14. The molecule has 2 amide bonds. The van der Waals surface area contributed by atoms with Crippen molar-refractivity contribution >= 4 is 18.0 Å². The fourth-order valence-electron chi connectivity index (χ4n) is 3.12. The lowest BCUT2D eigenvalue weighted by Gasteiger charge is -2.33. The number of likely N-dealkylation sites (N-methyl/N-ethyl adjacent to an activating group) is 1. The lowest BCUT2D eigenvalue weighted by Crippen LogP contribution is -2.50. The van der Waals surface area contributed by atoms with Crippen LogP contribution in [0.5, 0.6) is 0 Å². The maximum Gasteiger partial charge on any atom is 0.411 e. The van der Waals surface area contributed by atoms with Crippen molar-refractivity contribution in [3.05, 3.63) is 83.7 Å². The van der Waals surface area contributed by atoms with Crippen LogP contribution in [0.4, 0.5) is 9.59 Å². The number of nitrogens with one attached hydrogen (secondary N) is 2. The molecule has 0 unspecified atom stereocenters. The van der Waals surface area contributed by atoms with E-state index in [1.807, 2.05) is 81.8 Å². The third-order valence-electron chi connectivity index (χ3n) is 4.87. The van der Waals surface area contributed by atoms with Crippen LogP contribution in [0, 0.1) is 0 Å². The molecule has 0 saturated carbocycles. The summed E-state index contributed by atoms with van der Waals surface area (Å²) in [6, 6.07) is 18.1. The van der Waals surface area contributed by atoms with Crippen LogP contribution in [0.3, 0.4) is 0 Å². The van der Waals surface area contributed by atoms with Gasteiger partial charge in [0.1, 0.15) is 13.2 Å². The average molecular weight is 455 g/mol. The average Bonchev–Trinajstić information content (AvgIpc) is 2.78. The predicted octanol–water partition coefficient (Wildman–Crippen LogP) is 3.73. The summed E-state index contributed by atoms with van der Waals surface area (Å²) in [6.07, 6.45) is 0.162. The molecule has 0 fully saturated rings. The monoisotopic (exact) mass is 454 g/mol. The van der Waals surface area contributed by atoms with Crippen LogP contribution in [0.15, 0.2) is 72.6 Å². The Morgan fingerprint density at radius 3 is 1.79 bits per heavy atom. The molecule has 0 aliphatic heterocycles. The number of ketones is 1. The van der Waals surface area contributed by atoms with Gasteiger partial charge in [0.05, 0.1) is 21.1 Å². The van der Waals surface area contributed by atoms with Crippen molar-refractivity contribution in [3.63, 3.8) is 0 Å². The minimum Gasteiger partial charge on any atom is -0.444 e. The van der Waals surface area contributed by atoms with Crippen LogP contribution in [-0.4, -0.2) is 49.6 Å². The zero-order chi connectivity index (χ0) is 24.3. The van der Waals surface area contributed by atoms with Crippen LogP contribution in [0.1, 0.15) is 24.5 Å². The van der Waals surface area contributed by atoms with Crippen molar-refractivity contribution in [1.82, 2.24) is 10.6 Å². The Morgan fingerprint density at radius 1 is 0.848 bits per heavy atom. The van der Waals surface area contributed by atoms with Gasteiger partial charge in [-0.2, -0.15) is 0 Å². The molecule has 0 heterocycles. The standard InChI is InChI=1S/C25H31N3O5/c1-19(29)23(28(2,3)4)15-22(27-25(31)33-18-21-13-9-6-10-14-21)16-26-24(30)32-17-20-11-7-5-8-12-20/h5-14,16,23H,15,17-18H2,1-4H3,(H-,26,27,30,31)/p+1/b22-16-/t23-/m1/s1. The van der Waals surface area contributed by atoms with E-state index in [9.17, 15) is 14.4 Å². The number of carbonyl (C=O) groups is 3. The first-order valence-corrected chi connectivity index (χ1v) is 10.6. The molecule has 176 valence electrons. The maximum absolute atomic E-state index is 12.4. The molecule has 0 aliphatic rings. The fourth-order valence-corrected chi connectivity index (χ4v) is 3.12. The van der Waals surface area contributed by atoms with E-state index < -0.39 is 18.2 Å². The molecule has 1 atom stereocenters. The summed E-state index contributed by atoms with van der Waals surface area (Å²) in [5, 5.41) is 5.16. The minimum atomic E-state index is -0.687. The van der Waals surface area contributed by atoms with Gasteiger partial charge in [-0.25, -0.2) is 9.59 Å². The molecule has 0 bridgehead atoms. The van der Waals surface area contributed by atoms with E-state index >= 15 is 0 Å². The molecule has 2 aromatic carbocycles. The third kappa shape index (κ3) is 9.57. The van der Waals surface area contributed by atoms with E-state index in [2.05, 4.69) is 10.6 Å². The number of ether oxygens (including phenoxy) is 2. The first kappa shape index (κ1) is 25.6. The Balaban J connectivity index is 2.03. The van der Waals surface area contributed by atoms with Gasteiger partial charge in [0.15, 0.2) is 11.8 Å². The zero-order valence-corrected chi connectivity index (χ0v) is 19.5. The number of carbonyl (C=O) groups excluding carboxylic acids is 3. The van der Waals surface area contributed by atoms with Crippen molar-refractivity contribution in [2.45, 2.75) is 32.6 Å². The fraction of sp³-hybridized carbons (Fsp3) is 0.320. The van der Waals surface area contributed by atoms with Crippen molar-refractivity contribution in [1.29, 1.82) is 0 Å². The van der Waals surface area contributed by atoms with Crippen LogP contribution >= 0.6 is 0 Å². The molecule has 2 rings (SSSR count). The number of hydrogen-bond acceptors (Lipinski definition) is 5. The molecule has 0 aromatic heterocycles. The van der Waals surface area contributed by atoms with Crippen LogP contribution in [0.2, 0.25) is 0 Å². The van der Waals surface area contributed by atoms with Crippen molar-refractivity contribution in [2.24, 2.45) is 0 Å². The second-order valence-electron chi connectivity index (χ2n) is 8.51. The largest absolute Gasteiger partial charge is 0.444 e. The third-order valence-corrected chi connectivity index (χ3v) is 4.87. The summed E-state index contributed by atoms with van der Waals surface area (Å²) in [5.41, 5.74) is 2.02. The molecule has 0 aliphatic carbocycles. The highest BCUT2D eigenvalue weighted by atomic mass is 16.6. The summed E-state index contributed by atoms with van der Waals surface area (Å²) < 4.78 is 10.8. The van der Waals surface area contributed by atoms with Gasteiger partial charge >= 0.3 is 12.2 Å². The van der Waals surface area contributed by atoms with Gasteiger partial charge in [0.25, 0.3) is 0 Å². The van der Waals surface area contributed by atoms with Crippen LogP contribution in [0.25, 0.3) is 0 Å². The number of rotatable bonds is 10. The predicted molar refractivity (Wildman–Crippen MR) is 125 cm³/mol. The van der Waals surface area contributed by atoms with Crippen molar-refractivity contribution < 1.29 is 28.3 Å². The Bertz CT molecular complexity index is 953. The molecule has 2 N–H and O–H groups in total. The van der Waals surface area contributed by atoms with E-state index in [1.54, 1.807) is 0 Å². The number of alkyl carbamates (subject to hydrolysis) is 2. The van der Waals surface area contributed by atoms with Gasteiger partial charge in [0, 0.05) is 25.2 Å². The first-order valence-electron chi connectivity index (χ1n) is 10.6. The van der Waals surface area contributed by atoms with E-state index in [0.29, 0.717) is 10.2 Å². The summed E-state index contributed by atoms with van der Waals surface area (Å²) >= 11 is 0. The summed E-state index contributed by atoms with van der Waals surface area (Å²) in [4.78, 5) is 36.7. The zero-order valence-electron chi connectivity index (χ0n) is 19.5. The number of nitrogens with zero attached hydrogens (tertiary/aromatic N) is 1. The van der Waals surface area contributed by atoms with Gasteiger partial charge in [-0.1, -0.05) is 60.7 Å². The van der Waals surface area contributed by atoms with Gasteiger partial charge in [0.2, 0.25) is 0 Å². The number of benzene rings is 2. The Morgan fingerprint density at radius 2 is 1.33 bits per heavy atom. The normalized spacial score (nSPS) is 12.4. The molecule has 0 spiro atoms. The van der Waals surface area contributed by atoms with Gasteiger partial charge in [-0.05, 0) is 11.1 Å². The molecule has 2 aromatic rings. The number of hydrogen-bond donors (Lipinski definition) is 2. The Labute approximate surface area is 194 Å². The summed E-state index contributed by atoms with van der Waals surface area (Å²) in [7, 11) is 5.66. The highest BCUT2D eigenvalue weighted by molar-refractivity contribution is 5.81. The second-order valence-corrected chi connectivity index (χ2v) is 8.51. The summed E-state index contributed by atoms with van der Waals surface area (Å²) in [6.45, 7) is 1.70. The smallest absolute Gasteiger partial charge is 0.411 e.